The van der Waals surface area contributed by atoms with Crippen LogP contribution in [0, 0.1) is 12.7 Å². The Kier molecular flexibility index (Phi) is 4.65. The highest BCUT2D eigenvalue weighted by molar-refractivity contribution is 7.98. The van der Waals surface area contributed by atoms with Crippen molar-refractivity contribution in [1.29, 1.82) is 0 Å². The minimum Gasteiger partial charge on any atom is -0.494 e. The Morgan fingerprint density at radius 2 is 2.08 bits per heavy atom. The van der Waals surface area contributed by atoms with E-state index in [9.17, 15) is 4.39 Å². The maximum absolute atomic E-state index is 13.9. The second-order valence-corrected chi connectivity index (χ2v) is 8.27. The Morgan fingerprint density at radius 3 is 2.88 bits per heavy atom. The van der Waals surface area contributed by atoms with Crippen molar-refractivity contribution < 1.29 is 9.13 Å². The summed E-state index contributed by atoms with van der Waals surface area (Å²) >= 11 is 3.48. The lowest BCUT2D eigenvalue weighted by Crippen LogP contribution is -1.99. The van der Waals surface area contributed by atoms with Gasteiger partial charge in [0.05, 0.1) is 7.11 Å². The van der Waals surface area contributed by atoms with Crippen LogP contribution in [-0.2, 0) is 18.6 Å². The molecular formula is C19H19FN2OS2. The highest BCUT2D eigenvalue weighted by Gasteiger charge is 2.20. The number of halogens is 1. The van der Waals surface area contributed by atoms with E-state index in [1.165, 1.54) is 35.8 Å². The Balaban J connectivity index is 1.67. The van der Waals surface area contributed by atoms with E-state index in [1.807, 2.05) is 24.3 Å². The van der Waals surface area contributed by atoms with E-state index >= 15 is 0 Å². The monoisotopic (exact) mass is 374 g/mol. The van der Waals surface area contributed by atoms with Crippen LogP contribution >= 0.6 is 23.1 Å². The van der Waals surface area contributed by atoms with E-state index in [2.05, 4.69) is 4.98 Å². The molecule has 130 valence electrons. The largest absolute Gasteiger partial charge is 0.494 e. The molecule has 0 unspecified atom stereocenters. The Bertz CT molecular complexity index is 939. The fraction of sp³-hybridized carbons (Fsp3) is 0.368. The SMILES string of the molecule is COc1ccc(CSc2nc(C)nc3sc4c(c23)CCCC4)cc1F. The topological polar surface area (TPSA) is 35.0 Å². The lowest BCUT2D eigenvalue weighted by Gasteiger charge is -2.12. The number of fused-ring (bicyclic) bond motifs is 3. The molecule has 3 nitrogen and oxygen atoms in total. The number of hydrogen-bond donors (Lipinski definition) is 0. The van der Waals surface area contributed by atoms with E-state index in [0.717, 1.165) is 34.1 Å². The maximum atomic E-state index is 13.9. The molecule has 0 fully saturated rings. The number of thiophene rings is 1. The number of ether oxygens (including phenoxy) is 1. The Hall–Kier alpha value is -1.66. The number of nitrogens with zero attached hydrogens (tertiary/aromatic N) is 2. The van der Waals surface area contributed by atoms with Gasteiger partial charge >= 0.3 is 0 Å². The first-order valence-corrected chi connectivity index (χ1v) is 10.2. The Labute approximate surface area is 154 Å². The van der Waals surface area contributed by atoms with Crippen LogP contribution in [0.15, 0.2) is 23.2 Å². The first-order valence-electron chi connectivity index (χ1n) is 8.40. The minimum atomic E-state index is -0.322. The van der Waals surface area contributed by atoms with Crippen LogP contribution in [0.3, 0.4) is 0 Å². The van der Waals surface area contributed by atoms with E-state index in [1.54, 1.807) is 23.9 Å². The van der Waals surface area contributed by atoms with Gasteiger partial charge < -0.3 is 4.74 Å². The van der Waals surface area contributed by atoms with Gasteiger partial charge in [-0.25, -0.2) is 14.4 Å². The third-order valence-electron chi connectivity index (χ3n) is 4.49. The third kappa shape index (κ3) is 3.25. The van der Waals surface area contributed by atoms with Crippen LogP contribution < -0.4 is 4.74 Å². The smallest absolute Gasteiger partial charge is 0.165 e. The minimum absolute atomic E-state index is 0.279. The van der Waals surface area contributed by atoms with Crippen LogP contribution in [0.2, 0.25) is 0 Å². The predicted octanol–water partition coefficient (Wildman–Crippen LogP) is 5.32. The summed E-state index contributed by atoms with van der Waals surface area (Å²) in [6, 6.07) is 5.13. The highest BCUT2D eigenvalue weighted by atomic mass is 32.2. The van der Waals surface area contributed by atoms with Crippen molar-refractivity contribution in [2.75, 3.05) is 7.11 Å². The molecular weight excluding hydrogens is 355 g/mol. The standard InChI is InChI=1S/C19H19FN2OS2/c1-11-21-18(24-10-12-7-8-15(23-2)14(20)9-12)17-13-5-3-4-6-16(13)25-19(17)22-11/h7-9H,3-6,10H2,1-2H3. The summed E-state index contributed by atoms with van der Waals surface area (Å²) in [4.78, 5) is 11.9. The normalized spacial score (nSPS) is 13.9. The fourth-order valence-electron chi connectivity index (χ4n) is 3.28. The van der Waals surface area contributed by atoms with Gasteiger partial charge in [0.15, 0.2) is 11.6 Å². The van der Waals surface area contributed by atoms with E-state index < -0.39 is 0 Å². The fourth-order valence-corrected chi connectivity index (χ4v) is 5.70. The van der Waals surface area contributed by atoms with Crippen molar-refractivity contribution in [3.8, 4) is 5.75 Å². The summed E-state index contributed by atoms with van der Waals surface area (Å²) in [5.74, 6) is 1.44. The van der Waals surface area contributed by atoms with Gasteiger partial charge in [0.1, 0.15) is 15.7 Å². The third-order valence-corrected chi connectivity index (χ3v) is 6.72. The molecule has 0 saturated carbocycles. The summed E-state index contributed by atoms with van der Waals surface area (Å²) in [6.45, 7) is 1.94. The number of methoxy groups -OCH3 is 1. The molecule has 2 aromatic heterocycles. The first kappa shape index (κ1) is 16.8. The van der Waals surface area contributed by atoms with Crippen LogP contribution in [0.1, 0.15) is 34.7 Å². The molecule has 1 aliphatic rings. The molecule has 0 N–H and O–H groups in total. The van der Waals surface area contributed by atoms with E-state index in [4.69, 9.17) is 9.72 Å². The molecule has 0 bridgehead atoms. The predicted molar refractivity (Wildman–Crippen MR) is 101 cm³/mol. The zero-order chi connectivity index (χ0) is 17.4. The van der Waals surface area contributed by atoms with Crippen LogP contribution in [0.4, 0.5) is 4.39 Å². The molecule has 1 aliphatic carbocycles. The number of aromatic nitrogens is 2. The second kappa shape index (κ2) is 6.92. The molecule has 25 heavy (non-hydrogen) atoms. The van der Waals surface area contributed by atoms with E-state index in [0.29, 0.717) is 5.75 Å². The molecule has 0 saturated heterocycles. The zero-order valence-corrected chi connectivity index (χ0v) is 15.9. The summed E-state index contributed by atoms with van der Waals surface area (Å²) in [7, 11) is 1.48. The van der Waals surface area contributed by atoms with Gasteiger partial charge in [0.2, 0.25) is 0 Å². The molecule has 0 atom stereocenters. The summed E-state index contributed by atoms with van der Waals surface area (Å²) in [6.07, 6.45) is 4.77. The summed E-state index contributed by atoms with van der Waals surface area (Å²) < 4.78 is 18.9. The quantitative estimate of drug-likeness (QED) is 0.457. The number of thioether (sulfide) groups is 1. The molecule has 2 heterocycles. The molecule has 0 amide bonds. The maximum Gasteiger partial charge on any atom is 0.165 e. The van der Waals surface area contributed by atoms with Crippen molar-refractivity contribution in [3.63, 3.8) is 0 Å². The Morgan fingerprint density at radius 1 is 1.24 bits per heavy atom. The second-order valence-electron chi connectivity index (χ2n) is 6.22. The average molecular weight is 375 g/mol. The average Bonchev–Trinajstić information content (AvgIpc) is 2.97. The molecule has 6 heteroatoms. The van der Waals surface area contributed by atoms with Crippen molar-refractivity contribution in [1.82, 2.24) is 9.97 Å². The highest BCUT2D eigenvalue weighted by Crippen LogP contribution is 2.40. The number of benzene rings is 1. The van der Waals surface area contributed by atoms with Gasteiger partial charge in [-0.3, -0.25) is 0 Å². The van der Waals surface area contributed by atoms with Gasteiger partial charge in [-0.2, -0.15) is 0 Å². The zero-order valence-electron chi connectivity index (χ0n) is 14.3. The van der Waals surface area contributed by atoms with Crippen LogP contribution in [0.25, 0.3) is 10.2 Å². The number of aryl methyl sites for hydroxylation is 3. The molecule has 0 radical (unpaired) electrons. The summed E-state index contributed by atoms with van der Waals surface area (Å²) in [5, 5.41) is 2.25. The van der Waals surface area contributed by atoms with Gasteiger partial charge in [0.25, 0.3) is 0 Å². The van der Waals surface area contributed by atoms with E-state index in [-0.39, 0.29) is 11.6 Å². The molecule has 0 spiro atoms. The van der Waals surface area contributed by atoms with Gasteiger partial charge in [0, 0.05) is 16.0 Å². The van der Waals surface area contributed by atoms with Crippen LogP contribution in [-0.4, -0.2) is 17.1 Å². The van der Waals surface area contributed by atoms with Crippen molar-refractivity contribution in [3.05, 3.63) is 45.8 Å². The number of hydrogen-bond acceptors (Lipinski definition) is 5. The van der Waals surface area contributed by atoms with Gasteiger partial charge in [-0.15, -0.1) is 23.1 Å². The van der Waals surface area contributed by atoms with Crippen molar-refractivity contribution in [2.24, 2.45) is 0 Å². The summed E-state index contributed by atoms with van der Waals surface area (Å²) in [5.41, 5.74) is 2.37. The number of rotatable bonds is 4. The van der Waals surface area contributed by atoms with Crippen molar-refractivity contribution >= 4 is 33.3 Å². The lowest BCUT2D eigenvalue weighted by atomic mass is 9.97. The molecule has 0 aliphatic heterocycles. The van der Waals surface area contributed by atoms with Crippen molar-refractivity contribution in [2.45, 2.75) is 43.4 Å². The molecule has 4 rings (SSSR count). The van der Waals surface area contributed by atoms with Crippen LogP contribution in [0.5, 0.6) is 5.75 Å². The molecule has 3 aromatic rings. The van der Waals surface area contributed by atoms with Gasteiger partial charge in [-0.1, -0.05) is 6.07 Å². The first-order chi connectivity index (χ1) is 12.2. The lowest BCUT2D eigenvalue weighted by molar-refractivity contribution is 0.386. The van der Waals surface area contributed by atoms with Gasteiger partial charge in [-0.05, 0) is 55.9 Å². The molecule has 1 aromatic carbocycles.